The van der Waals surface area contributed by atoms with Gasteiger partial charge >= 0.3 is 17.9 Å². The van der Waals surface area contributed by atoms with Gasteiger partial charge < -0.3 is 14.2 Å². The smallest absolute Gasteiger partial charge is 0.306 e. The van der Waals surface area contributed by atoms with Crippen LogP contribution in [-0.4, -0.2) is 37.2 Å². The molecule has 0 aliphatic rings. The number of ether oxygens (including phenoxy) is 3. The van der Waals surface area contributed by atoms with Crippen LogP contribution in [0.2, 0.25) is 0 Å². The Kier molecular flexibility index (Phi) is 52.8. The Morgan fingerprint density at radius 2 is 0.591 bits per heavy atom. The van der Waals surface area contributed by atoms with Crippen molar-refractivity contribution in [3.05, 3.63) is 48.6 Å². The third-order valence-electron chi connectivity index (χ3n) is 12.6. The third kappa shape index (κ3) is 52.3. The quantitative estimate of drug-likeness (QED) is 0.0262. The van der Waals surface area contributed by atoms with Crippen LogP contribution in [-0.2, 0) is 28.6 Å². The molecule has 0 aromatic carbocycles. The molecular formula is C60H108O6. The van der Waals surface area contributed by atoms with Gasteiger partial charge in [-0.25, -0.2) is 0 Å². The average Bonchev–Trinajstić information content (AvgIpc) is 3.31. The van der Waals surface area contributed by atoms with Crippen molar-refractivity contribution in [2.24, 2.45) is 0 Å². The molecule has 6 nitrogen and oxygen atoms in total. The topological polar surface area (TPSA) is 78.9 Å². The Bertz CT molecular complexity index is 1150. The first kappa shape index (κ1) is 63.4. The molecule has 0 heterocycles. The highest BCUT2D eigenvalue weighted by atomic mass is 16.6. The summed E-state index contributed by atoms with van der Waals surface area (Å²) in [6, 6.07) is 0. The van der Waals surface area contributed by atoms with Crippen molar-refractivity contribution in [2.75, 3.05) is 13.2 Å². The lowest BCUT2D eigenvalue weighted by atomic mass is 10.0. The van der Waals surface area contributed by atoms with E-state index in [4.69, 9.17) is 14.2 Å². The fourth-order valence-corrected chi connectivity index (χ4v) is 8.32. The summed E-state index contributed by atoms with van der Waals surface area (Å²) >= 11 is 0. The van der Waals surface area contributed by atoms with Crippen LogP contribution in [0.3, 0.4) is 0 Å². The maximum Gasteiger partial charge on any atom is 0.306 e. The fourth-order valence-electron chi connectivity index (χ4n) is 8.32. The monoisotopic (exact) mass is 925 g/mol. The summed E-state index contributed by atoms with van der Waals surface area (Å²) in [5.74, 6) is -0.911. The summed E-state index contributed by atoms with van der Waals surface area (Å²) in [4.78, 5) is 38.1. The zero-order valence-corrected chi connectivity index (χ0v) is 44.0. The lowest BCUT2D eigenvalue weighted by molar-refractivity contribution is -0.167. The minimum atomic E-state index is -0.791. The molecule has 66 heavy (non-hydrogen) atoms. The lowest BCUT2D eigenvalue weighted by Gasteiger charge is -2.18. The molecule has 0 aliphatic carbocycles. The summed E-state index contributed by atoms with van der Waals surface area (Å²) < 4.78 is 16.8. The molecule has 0 aliphatic heterocycles. The van der Waals surface area contributed by atoms with E-state index in [0.717, 1.165) is 77.0 Å². The molecule has 0 rings (SSSR count). The Balaban J connectivity index is 4.38. The first-order valence-corrected chi connectivity index (χ1v) is 28.6. The summed E-state index contributed by atoms with van der Waals surface area (Å²) in [6.45, 7) is 6.53. The minimum absolute atomic E-state index is 0.0855. The van der Waals surface area contributed by atoms with Crippen molar-refractivity contribution in [3.63, 3.8) is 0 Å². The number of esters is 3. The molecular weight excluding hydrogens is 817 g/mol. The molecule has 0 amide bonds. The normalized spacial score (nSPS) is 12.3. The van der Waals surface area contributed by atoms with Crippen LogP contribution in [0.5, 0.6) is 0 Å². The number of allylic oxidation sites excluding steroid dienone is 8. The van der Waals surface area contributed by atoms with Gasteiger partial charge in [-0.05, 0) is 57.8 Å². The second kappa shape index (κ2) is 55.0. The highest BCUT2D eigenvalue weighted by Gasteiger charge is 2.19. The van der Waals surface area contributed by atoms with Crippen LogP contribution in [0.1, 0.15) is 297 Å². The van der Waals surface area contributed by atoms with E-state index in [-0.39, 0.29) is 37.5 Å². The number of carbonyl (C=O) groups is 3. The van der Waals surface area contributed by atoms with Crippen molar-refractivity contribution >= 4 is 17.9 Å². The molecule has 1 atom stereocenters. The second-order valence-corrected chi connectivity index (χ2v) is 19.2. The van der Waals surface area contributed by atoms with E-state index in [2.05, 4.69) is 69.4 Å². The van der Waals surface area contributed by atoms with Crippen LogP contribution in [0.4, 0.5) is 0 Å². The lowest BCUT2D eigenvalue weighted by Crippen LogP contribution is -2.30. The SMILES string of the molecule is CC/C=C\C/C=C\C/C=C\C/C=C\CCCCC(=O)OC(COC(=O)CCCCCCCCCCCCCCCCC)COC(=O)CCCCCCCCCCCCCCCCCCCC. The maximum absolute atomic E-state index is 12.8. The van der Waals surface area contributed by atoms with Gasteiger partial charge in [0.25, 0.3) is 0 Å². The largest absolute Gasteiger partial charge is 0.462 e. The first-order chi connectivity index (χ1) is 32.5. The van der Waals surface area contributed by atoms with Gasteiger partial charge in [-0.1, -0.05) is 268 Å². The zero-order valence-electron chi connectivity index (χ0n) is 44.0. The van der Waals surface area contributed by atoms with Crippen LogP contribution in [0, 0.1) is 0 Å². The minimum Gasteiger partial charge on any atom is -0.462 e. The molecule has 0 bridgehead atoms. The Labute approximate surface area is 409 Å². The molecule has 0 N–H and O–H groups in total. The van der Waals surface area contributed by atoms with Crippen LogP contribution in [0.15, 0.2) is 48.6 Å². The highest BCUT2D eigenvalue weighted by Crippen LogP contribution is 2.17. The van der Waals surface area contributed by atoms with Crippen LogP contribution >= 0.6 is 0 Å². The third-order valence-corrected chi connectivity index (χ3v) is 12.6. The van der Waals surface area contributed by atoms with Crippen molar-refractivity contribution < 1.29 is 28.6 Å². The van der Waals surface area contributed by atoms with Gasteiger partial charge in [0.05, 0.1) is 0 Å². The number of hydrogen-bond acceptors (Lipinski definition) is 6. The number of hydrogen-bond donors (Lipinski definition) is 0. The van der Waals surface area contributed by atoms with Gasteiger partial charge in [-0.2, -0.15) is 0 Å². The molecule has 1 unspecified atom stereocenters. The van der Waals surface area contributed by atoms with Crippen molar-refractivity contribution in [2.45, 2.75) is 303 Å². The van der Waals surface area contributed by atoms with E-state index in [1.807, 2.05) is 0 Å². The molecule has 0 saturated heterocycles. The summed E-state index contributed by atoms with van der Waals surface area (Å²) in [6.07, 6.45) is 66.8. The van der Waals surface area contributed by atoms with Crippen molar-refractivity contribution in [1.82, 2.24) is 0 Å². The molecule has 384 valence electrons. The number of rotatable bonds is 52. The predicted molar refractivity (Wildman–Crippen MR) is 284 cm³/mol. The highest BCUT2D eigenvalue weighted by molar-refractivity contribution is 5.71. The van der Waals surface area contributed by atoms with Gasteiger partial charge in [0, 0.05) is 19.3 Å². The van der Waals surface area contributed by atoms with Crippen molar-refractivity contribution in [1.29, 1.82) is 0 Å². The predicted octanol–water partition coefficient (Wildman–Crippen LogP) is 19.0. The summed E-state index contributed by atoms with van der Waals surface area (Å²) in [5, 5.41) is 0. The fraction of sp³-hybridized carbons (Fsp3) is 0.817. The van der Waals surface area contributed by atoms with Crippen molar-refractivity contribution in [3.8, 4) is 0 Å². The standard InChI is InChI=1S/C60H108O6/c1-4-7-10-13-16-19-22-25-28-29-30-33-35-38-41-44-47-50-53-59(62)65-56-57(66-60(63)54-51-48-45-42-39-36-32-27-24-21-18-15-12-9-6-3)55-64-58(61)52-49-46-43-40-37-34-31-26-23-20-17-14-11-8-5-2/h9,12,18,21,27,32,39,42,57H,4-8,10-11,13-17,19-20,22-26,28-31,33-38,40-41,43-56H2,1-3H3/b12-9-,21-18-,32-27-,42-39-. The van der Waals surface area contributed by atoms with Gasteiger partial charge in [-0.15, -0.1) is 0 Å². The molecule has 0 aromatic heterocycles. The molecule has 0 saturated carbocycles. The molecule has 0 aromatic rings. The summed E-state index contributed by atoms with van der Waals surface area (Å²) in [5.41, 5.74) is 0. The van der Waals surface area contributed by atoms with Gasteiger partial charge in [0.1, 0.15) is 13.2 Å². The van der Waals surface area contributed by atoms with E-state index in [9.17, 15) is 14.4 Å². The molecule has 0 radical (unpaired) electrons. The van der Waals surface area contributed by atoms with Gasteiger partial charge in [0.2, 0.25) is 0 Å². The van der Waals surface area contributed by atoms with Crippen LogP contribution in [0.25, 0.3) is 0 Å². The van der Waals surface area contributed by atoms with Gasteiger partial charge in [0.15, 0.2) is 6.10 Å². The van der Waals surface area contributed by atoms with E-state index in [0.29, 0.717) is 19.3 Å². The van der Waals surface area contributed by atoms with E-state index in [1.54, 1.807) is 0 Å². The summed E-state index contributed by atoms with van der Waals surface area (Å²) in [7, 11) is 0. The average molecular weight is 926 g/mol. The maximum atomic E-state index is 12.8. The van der Waals surface area contributed by atoms with E-state index < -0.39 is 6.10 Å². The zero-order chi connectivity index (χ0) is 47.9. The Morgan fingerprint density at radius 3 is 0.924 bits per heavy atom. The van der Waals surface area contributed by atoms with E-state index >= 15 is 0 Å². The molecule has 0 fully saturated rings. The first-order valence-electron chi connectivity index (χ1n) is 28.6. The Morgan fingerprint density at radius 1 is 0.318 bits per heavy atom. The van der Waals surface area contributed by atoms with Gasteiger partial charge in [-0.3, -0.25) is 14.4 Å². The van der Waals surface area contributed by atoms with Crippen LogP contribution < -0.4 is 0 Å². The van der Waals surface area contributed by atoms with E-state index in [1.165, 1.54) is 173 Å². The second-order valence-electron chi connectivity index (χ2n) is 19.2. The number of unbranched alkanes of at least 4 members (excludes halogenated alkanes) is 33. The molecule has 0 spiro atoms. The number of carbonyl (C=O) groups excluding carboxylic acids is 3. The molecule has 6 heteroatoms. The Hall–Kier alpha value is -2.63.